The number of carbonyl (C=O) groups excluding carboxylic acids is 1. The van der Waals surface area contributed by atoms with Gasteiger partial charge in [0.15, 0.2) is 5.96 Å². The lowest BCUT2D eigenvalue weighted by molar-refractivity contribution is -0.131. The molecule has 1 atom stereocenters. The van der Waals surface area contributed by atoms with Gasteiger partial charge in [-0.3, -0.25) is 9.69 Å². The maximum absolute atomic E-state index is 13.1. The van der Waals surface area contributed by atoms with Crippen molar-refractivity contribution in [3.63, 3.8) is 0 Å². The van der Waals surface area contributed by atoms with Crippen molar-refractivity contribution in [2.24, 2.45) is 16.6 Å². The number of nitrogens with two attached hydrogens (primary N) is 1. The third kappa shape index (κ3) is 3.64. The van der Waals surface area contributed by atoms with Gasteiger partial charge in [-0.05, 0) is 30.4 Å². The van der Waals surface area contributed by atoms with Gasteiger partial charge in [0.25, 0.3) is 5.91 Å². The second kappa shape index (κ2) is 7.32. The molecular formula is C22H27N3O. The summed E-state index contributed by atoms with van der Waals surface area (Å²) < 4.78 is 0. The number of guanidine groups is 1. The number of benzene rings is 2. The van der Waals surface area contributed by atoms with Gasteiger partial charge >= 0.3 is 0 Å². The number of rotatable bonds is 6. The smallest absolute Gasteiger partial charge is 0.257 e. The molecule has 4 heteroatoms. The molecule has 3 rings (SSSR count). The first kappa shape index (κ1) is 18.2. The van der Waals surface area contributed by atoms with E-state index < -0.39 is 5.54 Å². The Hall–Kier alpha value is -2.62. The summed E-state index contributed by atoms with van der Waals surface area (Å²) in [6.45, 7) is 6.59. The van der Waals surface area contributed by atoms with Crippen molar-refractivity contribution in [1.29, 1.82) is 0 Å². The average molecular weight is 349 g/mol. The van der Waals surface area contributed by atoms with Crippen LogP contribution in [0, 0.1) is 5.92 Å². The van der Waals surface area contributed by atoms with Gasteiger partial charge in [0.05, 0.1) is 0 Å². The van der Waals surface area contributed by atoms with Crippen molar-refractivity contribution in [3.8, 4) is 0 Å². The molecule has 1 heterocycles. The van der Waals surface area contributed by atoms with Gasteiger partial charge in [0.1, 0.15) is 5.54 Å². The second-order valence-electron chi connectivity index (χ2n) is 7.63. The van der Waals surface area contributed by atoms with Crippen LogP contribution in [0.2, 0.25) is 0 Å². The SMILES string of the molecule is CC(C)CC1(C)N=C(N)N(CC(c2ccccc2)c2ccccc2)C1=O. The van der Waals surface area contributed by atoms with Gasteiger partial charge < -0.3 is 5.73 Å². The summed E-state index contributed by atoms with van der Waals surface area (Å²) in [5, 5.41) is 0. The average Bonchev–Trinajstić information content (AvgIpc) is 2.82. The Morgan fingerprint density at radius 1 is 1.00 bits per heavy atom. The van der Waals surface area contributed by atoms with Gasteiger partial charge in [0.2, 0.25) is 0 Å². The molecule has 1 amide bonds. The van der Waals surface area contributed by atoms with Crippen LogP contribution >= 0.6 is 0 Å². The second-order valence-corrected chi connectivity index (χ2v) is 7.63. The van der Waals surface area contributed by atoms with Crippen LogP contribution in [0.15, 0.2) is 65.7 Å². The molecule has 0 bridgehead atoms. The first-order valence-electron chi connectivity index (χ1n) is 9.18. The highest BCUT2D eigenvalue weighted by molar-refractivity contribution is 6.06. The van der Waals surface area contributed by atoms with Crippen molar-refractivity contribution >= 4 is 11.9 Å². The van der Waals surface area contributed by atoms with Crippen LogP contribution < -0.4 is 5.73 Å². The molecule has 2 aromatic rings. The minimum Gasteiger partial charge on any atom is -0.369 e. The van der Waals surface area contributed by atoms with Crippen LogP contribution in [-0.2, 0) is 4.79 Å². The fourth-order valence-corrected chi connectivity index (χ4v) is 3.82. The molecular weight excluding hydrogens is 322 g/mol. The Morgan fingerprint density at radius 3 is 1.96 bits per heavy atom. The minimum absolute atomic E-state index is 0.000521. The summed E-state index contributed by atoms with van der Waals surface area (Å²) >= 11 is 0. The van der Waals surface area contributed by atoms with E-state index in [4.69, 9.17) is 5.73 Å². The van der Waals surface area contributed by atoms with Crippen LogP contribution in [0.4, 0.5) is 0 Å². The van der Waals surface area contributed by atoms with E-state index in [0.29, 0.717) is 24.8 Å². The zero-order valence-electron chi connectivity index (χ0n) is 15.7. The molecule has 0 aromatic heterocycles. The summed E-state index contributed by atoms with van der Waals surface area (Å²) in [4.78, 5) is 19.3. The number of nitrogens with zero attached hydrogens (tertiary/aromatic N) is 2. The minimum atomic E-state index is -0.754. The van der Waals surface area contributed by atoms with Gasteiger partial charge in [-0.15, -0.1) is 0 Å². The van der Waals surface area contributed by atoms with E-state index in [1.165, 1.54) is 0 Å². The molecule has 1 aliphatic rings. The standard InChI is InChI=1S/C22H27N3O/c1-16(2)14-22(3)20(26)25(21(23)24-22)15-19(17-10-6-4-7-11-17)18-12-8-5-9-13-18/h4-13,16,19H,14-15H2,1-3H3,(H2,23,24). The number of hydrogen-bond donors (Lipinski definition) is 1. The van der Waals surface area contributed by atoms with Gasteiger partial charge in [-0.25, -0.2) is 4.99 Å². The number of aliphatic imine (C=N–C) groups is 1. The molecule has 4 nitrogen and oxygen atoms in total. The molecule has 2 N–H and O–H groups in total. The van der Waals surface area contributed by atoms with Crippen molar-refractivity contribution in [2.75, 3.05) is 6.54 Å². The van der Waals surface area contributed by atoms with Crippen LogP contribution in [0.1, 0.15) is 44.2 Å². The Balaban J connectivity index is 1.91. The van der Waals surface area contributed by atoms with E-state index in [0.717, 1.165) is 11.1 Å². The molecule has 1 unspecified atom stereocenters. The third-order valence-electron chi connectivity index (χ3n) is 4.92. The van der Waals surface area contributed by atoms with E-state index >= 15 is 0 Å². The van der Waals surface area contributed by atoms with E-state index in [2.05, 4.69) is 43.1 Å². The van der Waals surface area contributed by atoms with Gasteiger partial charge in [0, 0.05) is 12.5 Å². The number of amides is 1. The predicted octanol–water partition coefficient (Wildman–Crippen LogP) is 3.78. The lowest BCUT2D eigenvalue weighted by Gasteiger charge is -2.27. The molecule has 26 heavy (non-hydrogen) atoms. The molecule has 0 aliphatic carbocycles. The third-order valence-corrected chi connectivity index (χ3v) is 4.92. The lowest BCUT2D eigenvalue weighted by atomic mass is 9.89. The Morgan fingerprint density at radius 2 is 1.50 bits per heavy atom. The fourth-order valence-electron chi connectivity index (χ4n) is 3.82. The van der Waals surface area contributed by atoms with Crippen molar-refractivity contribution < 1.29 is 4.79 Å². The summed E-state index contributed by atoms with van der Waals surface area (Å²) in [6.07, 6.45) is 0.699. The molecule has 0 fully saturated rings. The summed E-state index contributed by atoms with van der Waals surface area (Å²) in [6, 6.07) is 20.5. The van der Waals surface area contributed by atoms with Crippen LogP contribution in [0.5, 0.6) is 0 Å². The molecule has 2 aromatic carbocycles. The van der Waals surface area contributed by atoms with Gasteiger partial charge in [-0.2, -0.15) is 0 Å². The number of hydrogen-bond acceptors (Lipinski definition) is 3. The Bertz CT molecular complexity index is 746. The quantitative estimate of drug-likeness (QED) is 0.863. The zero-order valence-corrected chi connectivity index (χ0v) is 15.7. The predicted molar refractivity (Wildman–Crippen MR) is 106 cm³/mol. The molecule has 0 radical (unpaired) electrons. The lowest BCUT2D eigenvalue weighted by Crippen LogP contribution is -2.45. The van der Waals surface area contributed by atoms with E-state index in [1.807, 2.05) is 43.3 Å². The summed E-state index contributed by atoms with van der Waals surface area (Å²) in [5.41, 5.74) is 7.75. The maximum atomic E-state index is 13.1. The first-order chi connectivity index (χ1) is 12.4. The van der Waals surface area contributed by atoms with Crippen LogP contribution in [-0.4, -0.2) is 28.9 Å². The van der Waals surface area contributed by atoms with Crippen LogP contribution in [0.25, 0.3) is 0 Å². The van der Waals surface area contributed by atoms with Crippen LogP contribution in [0.3, 0.4) is 0 Å². The molecule has 0 spiro atoms. The molecule has 0 saturated heterocycles. The van der Waals surface area contributed by atoms with Gasteiger partial charge in [-0.1, -0.05) is 74.5 Å². The Kier molecular flexibility index (Phi) is 5.12. The Labute approximate surface area is 155 Å². The van der Waals surface area contributed by atoms with Crippen molar-refractivity contribution in [3.05, 3.63) is 71.8 Å². The topological polar surface area (TPSA) is 58.7 Å². The highest BCUT2D eigenvalue weighted by atomic mass is 16.2. The fraction of sp³-hybridized carbons (Fsp3) is 0.364. The maximum Gasteiger partial charge on any atom is 0.257 e. The first-order valence-corrected chi connectivity index (χ1v) is 9.18. The van der Waals surface area contributed by atoms with E-state index in [-0.39, 0.29) is 11.8 Å². The molecule has 1 aliphatic heterocycles. The van der Waals surface area contributed by atoms with Crippen molar-refractivity contribution in [2.45, 2.75) is 38.6 Å². The normalized spacial score (nSPS) is 20.1. The van der Waals surface area contributed by atoms with Crippen molar-refractivity contribution in [1.82, 2.24) is 4.90 Å². The summed E-state index contributed by atoms with van der Waals surface area (Å²) in [7, 11) is 0. The zero-order chi connectivity index (χ0) is 18.7. The largest absolute Gasteiger partial charge is 0.369 e. The monoisotopic (exact) mass is 349 g/mol. The van der Waals surface area contributed by atoms with E-state index in [9.17, 15) is 4.79 Å². The highest BCUT2D eigenvalue weighted by Gasteiger charge is 2.44. The highest BCUT2D eigenvalue weighted by Crippen LogP contribution is 2.32. The van der Waals surface area contributed by atoms with E-state index in [1.54, 1.807) is 4.90 Å². The number of carbonyl (C=O) groups is 1. The molecule has 136 valence electrons. The summed E-state index contributed by atoms with van der Waals surface area (Å²) in [5.74, 6) is 0.756. The molecule has 0 saturated carbocycles.